The number of amides is 1. The normalized spacial score (nSPS) is 19.5. The minimum atomic E-state index is -0.343. The summed E-state index contributed by atoms with van der Waals surface area (Å²) in [5.74, 6) is 1.81. The standard InChI is InChI=1S/C13H17FN2OS/c14-10-3-1-4-11(7-10)16-13(17)8-15-12-5-2-6-18-9-12/h1,3-4,7,12,15H,2,5-6,8-9H2,(H,16,17). The van der Waals surface area contributed by atoms with Crippen molar-refractivity contribution in [3.05, 3.63) is 30.1 Å². The third-order valence-electron chi connectivity index (χ3n) is 2.82. The van der Waals surface area contributed by atoms with Gasteiger partial charge in [-0.2, -0.15) is 11.8 Å². The molecule has 1 saturated heterocycles. The highest BCUT2D eigenvalue weighted by molar-refractivity contribution is 7.99. The molecule has 0 aromatic heterocycles. The molecule has 0 radical (unpaired) electrons. The number of thioether (sulfide) groups is 1. The summed E-state index contributed by atoms with van der Waals surface area (Å²) < 4.78 is 12.9. The zero-order valence-corrected chi connectivity index (χ0v) is 10.9. The number of halogens is 1. The highest BCUT2D eigenvalue weighted by atomic mass is 32.2. The van der Waals surface area contributed by atoms with E-state index in [0.717, 1.165) is 12.2 Å². The molecule has 1 aromatic rings. The number of hydrogen-bond acceptors (Lipinski definition) is 3. The fraction of sp³-hybridized carbons (Fsp3) is 0.462. The second-order valence-corrected chi connectivity index (χ2v) is 5.50. The van der Waals surface area contributed by atoms with Crippen molar-refractivity contribution in [3.8, 4) is 0 Å². The molecule has 0 spiro atoms. The first-order valence-electron chi connectivity index (χ1n) is 6.10. The van der Waals surface area contributed by atoms with Crippen LogP contribution in [-0.2, 0) is 4.79 Å². The number of hydrogen-bond donors (Lipinski definition) is 2. The molecule has 2 N–H and O–H groups in total. The first kappa shape index (κ1) is 13.4. The number of anilines is 1. The lowest BCUT2D eigenvalue weighted by Gasteiger charge is -2.22. The smallest absolute Gasteiger partial charge is 0.238 e. The quantitative estimate of drug-likeness (QED) is 0.880. The summed E-state index contributed by atoms with van der Waals surface area (Å²) in [7, 11) is 0. The van der Waals surface area contributed by atoms with Crippen molar-refractivity contribution in [1.29, 1.82) is 0 Å². The molecule has 1 heterocycles. The zero-order valence-electron chi connectivity index (χ0n) is 10.1. The summed E-state index contributed by atoms with van der Waals surface area (Å²) in [4.78, 5) is 11.7. The van der Waals surface area contributed by atoms with Crippen LogP contribution in [0.2, 0.25) is 0 Å². The van der Waals surface area contributed by atoms with Crippen LogP contribution < -0.4 is 10.6 Å². The number of nitrogens with one attached hydrogen (secondary N) is 2. The van der Waals surface area contributed by atoms with Gasteiger partial charge in [-0.3, -0.25) is 4.79 Å². The van der Waals surface area contributed by atoms with E-state index in [2.05, 4.69) is 10.6 Å². The van der Waals surface area contributed by atoms with Gasteiger partial charge >= 0.3 is 0 Å². The second-order valence-electron chi connectivity index (χ2n) is 4.35. The predicted molar refractivity (Wildman–Crippen MR) is 73.4 cm³/mol. The summed E-state index contributed by atoms with van der Waals surface area (Å²) in [5.41, 5.74) is 0.500. The van der Waals surface area contributed by atoms with Crippen LogP contribution in [0.3, 0.4) is 0 Å². The molecule has 1 aliphatic rings. The molecular weight excluding hydrogens is 251 g/mol. The van der Waals surface area contributed by atoms with Crippen LogP contribution in [0.5, 0.6) is 0 Å². The van der Waals surface area contributed by atoms with Gasteiger partial charge in [0.05, 0.1) is 6.54 Å². The lowest BCUT2D eigenvalue weighted by Crippen LogP contribution is -2.39. The van der Waals surface area contributed by atoms with E-state index in [1.165, 1.54) is 24.3 Å². The lowest BCUT2D eigenvalue weighted by atomic mass is 10.2. The van der Waals surface area contributed by atoms with Gasteiger partial charge in [0.2, 0.25) is 5.91 Å². The first-order chi connectivity index (χ1) is 8.74. The molecule has 1 aromatic carbocycles. The Bertz CT molecular complexity index is 408. The van der Waals surface area contributed by atoms with Gasteiger partial charge in [-0.05, 0) is 36.8 Å². The van der Waals surface area contributed by atoms with Crippen molar-refractivity contribution in [2.45, 2.75) is 18.9 Å². The van der Waals surface area contributed by atoms with E-state index in [9.17, 15) is 9.18 Å². The molecule has 5 heteroatoms. The molecule has 1 aliphatic heterocycles. The minimum absolute atomic E-state index is 0.129. The Morgan fingerprint density at radius 2 is 2.39 bits per heavy atom. The molecule has 0 saturated carbocycles. The van der Waals surface area contributed by atoms with Crippen molar-refractivity contribution >= 4 is 23.4 Å². The summed E-state index contributed by atoms with van der Waals surface area (Å²) >= 11 is 1.92. The Balaban J connectivity index is 1.74. The molecule has 98 valence electrons. The largest absolute Gasteiger partial charge is 0.325 e. The van der Waals surface area contributed by atoms with Crippen LogP contribution in [0.4, 0.5) is 10.1 Å². The number of benzene rings is 1. The predicted octanol–water partition coefficient (Wildman–Crippen LogP) is 2.25. The molecular formula is C13H17FN2OS. The van der Waals surface area contributed by atoms with E-state index in [1.807, 2.05) is 11.8 Å². The fourth-order valence-corrected chi connectivity index (χ4v) is 3.02. The summed E-state index contributed by atoms with van der Waals surface area (Å²) in [5, 5.41) is 5.90. The van der Waals surface area contributed by atoms with Gasteiger partial charge in [0.15, 0.2) is 0 Å². The Morgan fingerprint density at radius 3 is 3.11 bits per heavy atom. The van der Waals surface area contributed by atoms with Gasteiger partial charge in [0, 0.05) is 17.5 Å². The van der Waals surface area contributed by atoms with Crippen molar-refractivity contribution in [2.75, 3.05) is 23.4 Å². The zero-order chi connectivity index (χ0) is 12.8. The van der Waals surface area contributed by atoms with Crippen LogP contribution >= 0.6 is 11.8 Å². The van der Waals surface area contributed by atoms with Gasteiger partial charge in [-0.15, -0.1) is 0 Å². The van der Waals surface area contributed by atoms with Gasteiger partial charge in [-0.25, -0.2) is 4.39 Å². The van der Waals surface area contributed by atoms with E-state index < -0.39 is 0 Å². The van der Waals surface area contributed by atoms with Crippen LogP contribution in [0.15, 0.2) is 24.3 Å². The van der Waals surface area contributed by atoms with E-state index >= 15 is 0 Å². The fourth-order valence-electron chi connectivity index (χ4n) is 1.91. The Kier molecular flexibility index (Phi) is 5.01. The second kappa shape index (κ2) is 6.75. The highest BCUT2D eigenvalue weighted by Gasteiger charge is 2.14. The average molecular weight is 268 g/mol. The molecule has 0 bridgehead atoms. The molecule has 2 rings (SSSR count). The summed E-state index contributed by atoms with van der Waals surface area (Å²) in [6.45, 7) is 0.280. The van der Waals surface area contributed by atoms with Crippen LogP contribution in [0, 0.1) is 5.82 Å². The Hall–Kier alpha value is -1.07. The third-order valence-corrected chi connectivity index (χ3v) is 4.04. The number of carbonyl (C=O) groups excluding carboxylic acids is 1. The lowest BCUT2D eigenvalue weighted by molar-refractivity contribution is -0.115. The maximum absolute atomic E-state index is 12.9. The SMILES string of the molecule is O=C(CNC1CCCSC1)Nc1cccc(F)c1. The average Bonchev–Trinajstić information content (AvgIpc) is 2.38. The number of rotatable bonds is 4. The van der Waals surface area contributed by atoms with Gasteiger partial charge in [0.1, 0.15) is 5.82 Å². The van der Waals surface area contributed by atoms with Crippen LogP contribution in [0.1, 0.15) is 12.8 Å². The maximum Gasteiger partial charge on any atom is 0.238 e. The topological polar surface area (TPSA) is 41.1 Å². The molecule has 18 heavy (non-hydrogen) atoms. The van der Waals surface area contributed by atoms with Crippen molar-refractivity contribution in [3.63, 3.8) is 0 Å². The summed E-state index contributed by atoms with van der Waals surface area (Å²) in [6.07, 6.45) is 2.33. The van der Waals surface area contributed by atoms with E-state index in [4.69, 9.17) is 0 Å². The first-order valence-corrected chi connectivity index (χ1v) is 7.26. The van der Waals surface area contributed by atoms with Crippen LogP contribution in [0.25, 0.3) is 0 Å². The van der Waals surface area contributed by atoms with Gasteiger partial charge < -0.3 is 10.6 Å². The molecule has 1 atom stereocenters. The maximum atomic E-state index is 12.9. The van der Waals surface area contributed by atoms with E-state index in [-0.39, 0.29) is 18.3 Å². The third kappa shape index (κ3) is 4.31. The monoisotopic (exact) mass is 268 g/mol. The van der Waals surface area contributed by atoms with E-state index in [0.29, 0.717) is 11.7 Å². The molecule has 1 unspecified atom stereocenters. The van der Waals surface area contributed by atoms with Crippen molar-refractivity contribution in [2.24, 2.45) is 0 Å². The highest BCUT2D eigenvalue weighted by Crippen LogP contribution is 2.16. The minimum Gasteiger partial charge on any atom is -0.325 e. The molecule has 1 amide bonds. The van der Waals surface area contributed by atoms with Crippen molar-refractivity contribution in [1.82, 2.24) is 5.32 Å². The summed E-state index contributed by atoms with van der Waals surface area (Å²) in [6, 6.07) is 6.34. The van der Waals surface area contributed by atoms with Gasteiger partial charge in [-0.1, -0.05) is 6.07 Å². The Labute approximate surface area is 111 Å². The Morgan fingerprint density at radius 1 is 1.50 bits per heavy atom. The molecule has 1 fully saturated rings. The number of carbonyl (C=O) groups is 1. The molecule has 0 aliphatic carbocycles. The van der Waals surface area contributed by atoms with E-state index in [1.54, 1.807) is 12.1 Å². The molecule has 3 nitrogen and oxygen atoms in total. The van der Waals surface area contributed by atoms with Crippen LogP contribution in [-0.4, -0.2) is 30.0 Å². The van der Waals surface area contributed by atoms with Gasteiger partial charge in [0.25, 0.3) is 0 Å². The van der Waals surface area contributed by atoms with Crippen molar-refractivity contribution < 1.29 is 9.18 Å².